The SMILES string of the molecule is NC(=NN=Cc1cccnc1)NN(O)O. The molecule has 0 aliphatic carbocycles. The molecular formula is C7H10N6O2. The summed E-state index contributed by atoms with van der Waals surface area (Å²) in [7, 11) is 0. The van der Waals surface area contributed by atoms with Crippen molar-refractivity contribution >= 4 is 12.2 Å². The third kappa shape index (κ3) is 4.67. The van der Waals surface area contributed by atoms with Gasteiger partial charge < -0.3 is 5.73 Å². The van der Waals surface area contributed by atoms with Gasteiger partial charge in [-0.1, -0.05) is 6.07 Å². The average Bonchev–Trinajstić information content (AvgIpc) is 2.18. The maximum atomic E-state index is 8.29. The van der Waals surface area contributed by atoms with Crippen molar-refractivity contribution in [3.05, 3.63) is 30.1 Å². The second-order valence-electron chi connectivity index (χ2n) is 2.42. The predicted molar refractivity (Wildman–Crippen MR) is 52.0 cm³/mol. The molecule has 0 spiro atoms. The maximum absolute atomic E-state index is 8.29. The van der Waals surface area contributed by atoms with Gasteiger partial charge in [-0.2, -0.15) is 5.10 Å². The van der Waals surface area contributed by atoms with Gasteiger partial charge in [0.25, 0.3) is 0 Å². The van der Waals surface area contributed by atoms with Crippen molar-refractivity contribution in [3.8, 4) is 0 Å². The highest BCUT2D eigenvalue weighted by Crippen LogP contribution is 1.90. The normalized spacial score (nSPS) is 12.3. The van der Waals surface area contributed by atoms with Crippen LogP contribution in [0.5, 0.6) is 0 Å². The van der Waals surface area contributed by atoms with Crippen LogP contribution in [0.2, 0.25) is 0 Å². The van der Waals surface area contributed by atoms with Crippen LogP contribution in [0.3, 0.4) is 0 Å². The molecule has 0 aliphatic rings. The lowest BCUT2D eigenvalue weighted by atomic mass is 10.3. The highest BCUT2D eigenvalue weighted by molar-refractivity contribution is 5.81. The van der Waals surface area contributed by atoms with Gasteiger partial charge in [-0.15, -0.1) is 5.10 Å². The zero-order valence-electron chi connectivity index (χ0n) is 7.65. The lowest BCUT2D eigenvalue weighted by Gasteiger charge is -2.05. The zero-order valence-corrected chi connectivity index (χ0v) is 7.65. The standard InChI is InChI=1S/C7H10N6O2/c8-7(12-13(14)15)11-10-5-6-2-1-3-9-4-6/h1-5,14-15H,(H3,8,11,12). The molecule has 5 N–H and O–H groups in total. The summed E-state index contributed by atoms with van der Waals surface area (Å²) in [5.41, 5.74) is 7.81. The molecule has 1 heterocycles. The van der Waals surface area contributed by atoms with Gasteiger partial charge in [0.1, 0.15) is 0 Å². The van der Waals surface area contributed by atoms with Crippen molar-refractivity contribution in [1.29, 1.82) is 0 Å². The van der Waals surface area contributed by atoms with Crippen LogP contribution < -0.4 is 11.2 Å². The fraction of sp³-hybridized carbons (Fsp3) is 0. The predicted octanol–water partition coefficient (Wildman–Crippen LogP) is -0.685. The van der Waals surface area contributed by atoms with Gasteiger partial charge in [-0.25, -0.2) is 5.43 Å². The lowest BCUT2D eigenvalue weighted by molar-refractivity contribution is -0.329. The topological polar surface area (TPSA) is 119 Å². The summed E-state index contributed by atoms with van der Waals surface area (Å²) in [5.74, 6) is -0.264. The molecule has 0 bridgehead atoms. The fourth-order valence-electron chi connectivity index (χ4n) is 0.735. The Balaban J connectivity index is 2.52. The van der Waals surface area contributed by atoms with Crippen LogP contribution in [0, 0.1) is 0 Å². The molecule has 0 saturated heterocycles. The van der Waals surface area contributed by atoms with E-state index in [2.05, 4.69) is 15.2 Å². The Morgan fingerprint density at radius 2 is 2.40 bits per heavy atom. The second kappa shape index (κ2) is 5.65. The minimum Gasteiger partial charge on any atom is -0.367 e. The van der Waals surface area contributed by atoms with E-state index in [1.807, 2.05) is 5.43 Å². The van der Waals surface area contributed by atoms with Crippen LogP contribution in [-0.2, 0) is 0 Å². The van der Waals surface area contributed by atoms with Gasteiger partial charge >= 0.3 is 0 Å². The van der Waals surface area contributed by atoms with Gasteiger partial charge in [0, 0.05) is 23.3 Å². The molecule has 80 valence electrons. The number of hydrogen-bond acceptors (Lipinski definition) is 6. The molecule has 1 rings (SSSR count). The second-order valence-corrected chi connectivity index (χ2v) is 2.42. The summed E-state index contributed by atoms with van der Waals surface area (Å²) in [6, 6.07) is 3.52. The number of aromatic nitrogens is 1. The number of nitrogens with two attached hydrogens (primary N) is 1. The van der Waals surface area contributed by atoms with Crippen LogP contribution in [-0.4, -0.2) is 32.9 Å². The first-order valence-corrected chi connectivity index (χ1v) is 3.89. The van der Waals surface area contributed by atoms with E-state index >= 15 is 0 Å². The van der Waals surface area contributed by atoms with E-state index in [0.29, 0.717) is 0 Å². The molecule has 1 aromatic heterocycles. The molecule has 0 aliphatic heterocycles. The van der Waals surface area contributed by atoms with Crippen molar-refractivity contribution in [1.82, 2.24) is 15.7 Å². The Labute approximate surface area is 85.3 Å². The van der Waals surface area contributed by atoms with E-state index in [9.17, 15) is 0 Å². The minimum absolute atomic E-state index is 0.264. The van der Waals surface area contributed by atoms with Crippen molar-refractivity contribution in [3.63, 3.8) is 0 Å². The van der Waals surface area contributed by atoms with E-state index < -0.39 is 0 Å². The van der Waals surface area contributed by atoms with Crippen LogP contribution >= 0.6 is 0 Å². The number of pyridine rings is 1. The smallest absolute Gasteiger partial charge is 0.232 e. The third-order valence-electron chi connectivity index (χ3n) is 1.27. The Kier molecular flexibility index (Phi) is 4.16. The Bertz CT molecular complexity index is 350. The Hall–Kier alpha value is -2.03. The first kappa shape index (κ1) is 11.0. The largest absolute Gasteiger partial charge is 0.367 e. The van der Waals surface area contributed by atoms with Crippen molar-refractivity contribution in [2.24, 2.45) is 15.9 Å². The van der Waals surface area contributed by atoms with Gasteiger partial charge in [0.15, 0.2) is 0 Å². The van der Waals surface area contributed by atoms with E-state index in [1.54, 1.807) is 24.5 Å². The number of guanidine groups is 1. The summed E-state index contributed by atoms with van der Waals surface area (Å²) < 4.78 is 0. The zero-order chi connectivity index (χ0) is 11.1. The number of hydrogen-bond donors (Lipinski definition) is 4. The summed E-state index contributed by atoms with van der Waals surface area (Å²) >= 11 is 0. The van der Waals surface area contributed by atoms with Crippen LogP contribution in [0.25, 0.3) is 0 Å². The molecule has 0 saturated carbocycles. The average molecular weight is 210 g/mol. The number of hydrazine groups is 1. The Morgan fingerprint density at radius 1 is 1.60 bits per heavy atom. The third-order valence-corrected chi connectivity index (χ3v) is 1.27. The number of nitrogens with one attached hydrogen (secondary N) is 1. The fourth-order valence-corrected chi connectivity index (χ4v) is 0.735. The quantitative estimate of drug-likeness (QED) is 0.298. The van der Waals surface area contributed by atoms with E-state index in [4.69, 9.17) is 16.1 Å². The van der Waals surface area contributed by atoms with Gasteiger partial charge in [-0.3, -0.25) is 15.4 Å². The molecule has 1 aromatic rings. The summed E-state index contributed by atoms with van der Waals surface area (Å²) in [5, 5.41) is 23.3. The summed E-state index contributed by atoms with van der Waals surface area (Å²) in [6.07, 6.45) is 4.64. The molecule has 8 heteroatoms. The number of nitrogens with zero attached hydrogens (tertiary/aromatic N) is 4. The monoisotopic (exact) mass is 210 g/mol. The van der Waals surface area contributed by atoms with Crippen molar-refractivity contribution in [2.45, 2.75) is 0 Å². The molecule has 0 radical (unpaired) electrons. The van der Waals surface area contributed by atoms with Crippen LogP contribution in [0.1, 0.15) is 5.56 Å². The van der Waals surface area contributed by atoms with E-state index in [0.717, 1.165) is 5.56 Å². The summed E-state index contributed by atoms with van der Waals surface area (Å²) in [4.78, 5) is 3.86. The molecule has 8 nitrogen and oxygen atoms in total. The molecule has 0 fully saturated rings. The van der Waals surface area contributed by atoms with Crippen molar-refractivity contribution < 1.29 is 10.4 Å². The highest BCUT2D eigenvalue weighted by Gasteiger charge is 1.93. The van der Waals surface area contributed by atoms with Crippen LogP contribution in [0.4, 0.5) is 0 Å². The molecule has 15 heavy (non-hydrogen) atoms. The van der Waals surface area contributed by atoms with Crippen molar-refractivity contribution in [2.75, 3.05) is 0 Å². The van der Waals surface area contributed by atoms with Crippen LogP contribution in [0.15, 0.2) is 34.7 Å². The van der Waals surface area contributed by atoms with Gasteiger partial charge in [-0.05, 0) is 6.07 Å². The Morgan fingerprint density at radius 3 is 3.00 bits per heavy atom. The first-order chi connectivity index (χ1) is 7.18. The number of rotatable bonds is 3. The molecule has 0 aromatic carbocycles. The summed E-state index contributed by atoms with van der Waals surface area (Å²) in [6.45, 7) is 0. The van der Waals surface area contributed by atoms with E-state index in [-0.39, 0.29) is 11.3 Å². The van der Waals surface area contributed by atoms with Gasteiger partial charge in [0.2, 0.25) is 5.96 Å². The maximum Gasteiger partial charge on any atom is 0.232 e. The highest BCUT2D eigenvalue weighted by atomic mass is 16.8. The molecule has 0 amide bonds. The molecule has 0 atom stereocenters. The van der Waals surface area contributed by atoms with E-state index in [1.165, 1.54) is 6.21 Å². The van der Waals surface area contributed by atoms with Gasteiger partial charge in [0.05, 0.1) is 6.21 Å². The first-order valence-electron chi connectivity index (χ1n) is 3.89. The lowest BCUT2D eigenvalue weighted by Crippen LogP contribution is -2.41. The molecule has 0 unspecified atom stereocenters. The molecular weight excluding hydrogens is 200 g/mol. The minimum atomic E-state index is -0.321.